The number of nitrogens with zero attached hydrogens (tertiary/aromatic N) is 2. The summed E-state index contributed by atoms with van der Waals surface area (Å²) in [4.78, 5) is 13.4. The van der Waals surface area contributed by atoms with Gasteiger partial charge in [0.1, 0.15) is 6.61 Å². The van der Waals surface area contributed by atoms with Crippen molar-refractivity contribution in [3.05, 3.63) is 0 Å². The van der Waals surface area contributed by atoms with Gasteiger partial charge in [0.05, 0.1) is 32.0 Å². The van der Waals surface area contributed by atoms with Gasteiger partial charge < -0.3 is 32.6 Å². The van der Waals surface area contributed by atoms with E-state index in [0.717, 1.165) is 0 Å². The van der Waals surface area contributed by atoms with Crippen LogP contribution in [0.5, 0.6) is 0 Å². The Morgan fingerprint density at radius 2 is 1.00 bits per heavy atom. The molecule has 0 saturated heterocycles. The molecular weight excluding hydrogens is 818 g/mol. The third kappa shape index (κ3) is 19.6. The van der Waals surface area contributed by atoms with Crippen molar-refractivity contribution in [2.45, 2.75) is 221 Å². The van der Waals surface area contributed by atoms with Crippen molar-refractivity contribution in [2.75, 3.05) is 51.9 Å². The first-order valence-electron chi connectivity index (χ1n) is 22.1. The summed E-state index contributed by atoms with van der Waals surface area (Å²) in [6.45, 7) is 57.1. The van der Waals surface area contributed by atoms with E-state index in [-0.39, 0.29) is 20.2 Å². The molecule has 0 aliphatic carbocycles. The summed E-state index contributed by atoms with van der Waals surface area (Å²) in [5.41, 5.74) is -0.611. The number of carbonyl (C=O) groups is 1. The molecule has 0 spiro atoms. The number of carbonyl (C=O) groups excluding carboxylic acids is 1. The summed E-state index contributed by atoms with van der Waals surface area (Å²) < 4.78 is 44.8. The molecule has 58 heavy (non-hydrogen) atoms. The number of nitrogens with one attached hydrogen (secondary N) is 1. The second kappa shape index (κ2) is 24.7. The van der Waals surface area contributed by atoms with Crippen LogP contribution in [-0.4, -0.2) is 127 Å². The zero-order chi connectivity index (χ0) is 45.7. The molecule has 0 amide bonds. The van der Waals surface area contributed by atoms with Crippen molar-refractivity contribution in [3.63, 3.8) is 0 Å². The predicted octanol–water partition coefficient (Wildman–Crippen LogP) is 11.9. The Labute approximate surface area is 368 Å². The Balaban J connectivity index is 5.99. The molecule has 15 heteroatoms. The van der Waals surface area contributed by atoms with Gasteiger partial charge in [-0.25, -0.2) is 9.34 Å². The fourth-order valence-corrected chi connectivity index (χ4v) is 11.6. The Morgan fingerprint density at radius 3 is 1.31 bits per heavy atom. The standard InChI is InChI=1S/C43H96N3O7PSSi3/c1-25-48-39(30-50-54(45(34(2)3)35(4)5)46(36(6)7)37(8)9)49-28-29-55-38(47)26-27-44-43(31-51-56(19,20)40(10,11)12,32-52-57(21,22)41(13,14)15)33-53-58(23,24)42(16,17)18/h34-37,39,44H,25-33H2,1-24H3. The van der Waals surface area contributed by atoms with Crippen LogP contribution in [0, 0.1) is 0 Å². The van der Waals surface area contributed by atoms with E-state index in [2.05, 4.69) is 172 Å². The lowest BCUT2D eigenvalue weighted by Crippen LogP contribution is -2.62. The smallest absolute Gasteiger partial charge is 0.192 e. The highest BCUT2D eigenvalue weighted by atomic mass is 32.2. The highest BCUT2D eigenvalue weighted by molar-refractivity contribution is 8.13. The second-order valence-electron chi connectivity index (χ2n) is 21.8. The zero-order valence-electron chi connectivity index (χ0n) is 42.4. The highest BCUT2D eigenvalue weighted by Gasteiger charge is 2.46. The quantitative estimate of drug-likeness (QED) is 0.0352. The van der Waals surface area contributed by atoms with Gasteiger partial charge in [0.2, 0.25) is 0 Å². The molecule has 0 aliphatic heterocycles. The van der Waals surface area contributed by atoms with E-state index >= 15 is 0 Å². The minimum atomic E-state index is -2.12. The third-order valence-corrected chi connectivity index (χ3v) is 29.6. The molecule has 0 rings (SSSR count). The molecule has 0 saturated carbocycles. The van der Waals surface area contributed by atoms with Crippen LogP contribution in [0.1, 0.15) is 131 Å². The van der Waals surface area contributed by atoms with Crippen LogP contribution in [0.25, 0.3) is 0 Å². The van der Waals surface area contributed by atoms with Crippen molar-refractivity contribution < 1.29 is 32.1 Å². The monoisotopic (exact) mass is 914 g/mol. The molecular formula is C43H96N3O7PSSi3. The Morgan fingerprint density at radius 1 is 0.638 bits per heavy atom. The summed E-state index contributed by atoms with van der Waals surface area (Å²) in [5, 5.41) is 4.09. The molecule has 0 radical (unpaired) electrons. The van der Waals surface area contributed by atoms with Crippen molar-refractivity contribution in [2.24, 2.45) is 0 Å². The van der Waals surface area contributed by atoms with Gasteiger partial charge in [-0.05, 0) is 117 Å². The molecule has 0 heterocycles. The Kier molecular flexibility index (Phi) is 25.0. The lowest BCUT2D eigenvalue weighted by atomic mass is 10.0. The lowest BCUT2D eigenvalue weighted by Gasteiger charge is -2.46. The molecule has 0 fully saturated rings. The first-order valence-corrected chi connectivity index (χ1v) is 33.0. The van der Waals surface area contributed by atoms with Crippen molar-refractivity contribution in [1.82, 2.24) is 14.7 Å². The molecule has 10 nitrogen and oxygen atoms in total. The van der Waals surface area contributed by atoms with E-state index < -0.39 is 45.2 Å². The average Bonchev–Trinajstić information content (AvgIpc) is 3.03. The minimum Gasteiger partial charge on any atom is -0.415 e. The summed E-state index contributed by atoms with van der Waals surface area (Å²) in [6, 6.07) is 1.27. The minimum absolute atomic E-state index is 0.0505. The maximum Gasteiger partial charge on any atom is 0.192 e. The molecule has 0 bridgehead atoms. The number of rotatable bonds is 28. The van der Waals surface area contributed by atoms with Crippen LogP contribution in [0.3, 0.4) is 0 Å². The van der Waals surface area contributed by atoms with Gasteiger partial charge in [0, 0.05) is 49.5 Å². The average molecular weight is 915 g/mol. The first-order chi connectivity index (χ1) is 26.1. The Bertz CT molecular complexity index is 1070. The Hall–Kier alpha value is 0.741. The SMILES string of the molecule is CCOC(COP(N(C(C)C)C(C)C)N(C(C)C)C(C)C)OCCSC(=O)CCNC(CO[Si](C)(C)C(C)(C)C)(CO[Si](C)(C)C(C)(C)C)CO[Si](C)(C)C(C)(C)C. The third-order valence-electron chi connectivity index (χ3n) is 12.2. The van der Waals surface area contributed by atoms with Crippen LogP contribution in [0.15, 0.2) is 0 Å². The van der Waals surface area contributed by atoms with Gasteiger partial charge in [-0.2, -0.15) is 0 Å². The molecule has 0 aliphatic rings. The molecule has 0 aromatic rings. The van der Waals surface area contributed by atoms with Crippen LogP contribution in [0.4, 0.5) is 0 Å². The maximum absolute atomic E-state index is 13.4. The molecule has 1 atom stereocenters. The van der Waals surface area contributed by atoms with Gasteiger partial charge in [-0.15, -0.1) is 0 Å². The van der Waals surface area contributed by atoms with E-state index in [9.17, 15) is 4.79 Å². The number of hydrogen-bond donors (Lipinski definition) is 1. The van der Waals surface area contributed by atoms with Crippen LogP contribution in [0.2, 0.25) is 54.4 Å². The molecule has 0 aromatic heterocycles. The van der Waals surface area contributed by atoms with Gasteiger partial charge in [0.15, 0.2) is 44.8 Å². The maximum atomic E-state index is 13.4. The van der Waals surface area contributed by atoms with E-state index in [1.54, 1.807) is 0 Å². The number of thioether (sulfide) groups is 1. The summed E-state index contributed by atoms with van der Waals surface area (Å²) in [5.74, 6) is 0.536. The molecule has 0 aromatic carbocycles. The predicted molar refractivity (Wildman–Crippen MR) is 261 cm³/mol. The molecule has 348 valence electrons. The van der Waals surface area contributed by atoms with E-state index in [0.29, 0.717) is 82.5 Å². The van der Waals surface area contributed by atoms with Crippen LogP contribution < -0.4 is 5.32 Å². The van der Waals surface area contributed by atoms with Gasteiger partial charge in [0.25, 0.3) is 0 Å². The molecule has 1 unspecified atom stereocenters. The summed E-state index contributed by atoms with van der Waals surface area (Å²) in [6.07, 6.45) is -0.145. The summed E-state index contributed by atoms with van der Waals surface area (Å²) >= 11 is 1.31. The van der Waals surface area contributed by atoms with Crippen molar-refractivity contribution >= 4 is 50.3 Å². The van der Waals surface area contributed by atoms with Crippen molar-refractivity contribution in [1.29, 1.82) is 0 Å². The first kappa shape index (κ1) is 58.7. The number of hydrogen-bond acceptors (Lipinski definition) is 11. The largest absolute Gasteiger partial charge is 0.415 e. The van der Waals surface area contributed by atoms with Crippen LogP contribution in [-0.2, 0) is 32.1 Å². The molecule has 1 N–H and O–H groups in total. The summed E-state index contributed by atoms with van der Waals surface area (Å²) in [7, 11) is -7.41. The highest BCUT2D eigenvalue weighted by Crippen LogP contribution is 2.51. The van der Waals surface area contributed by atoms with Crippen molar-refractivity contribution in [3.8, 4) is 0 Å². The van der Waals surface area contributed by atoms with Gasteiger partial charge in [-0.3, -0.25) is 4.79 Å². The zero-order valence-corrected chi connectivity index (χ0v) is 47.1. The van der Waals surface area contributed by atoms with E-state index in [1.165, 1.54) is 11.8 Å². The van der Waals surface area contributed by atoms with E-state index in [4.69, 9.17) is 27.3 Å². The normalized spacial score (nSPS) is 15.1. The van der Waals surface area contributed by atoms with Gasteiger partial charge >= 0.3 is 0 Å². The topological polar surface area (TPSA) is 91.0 Å². The van der Waals surface area contributed by atoms with Crippen LogP contribution >= 0.6 is 20.2 Å². The second-order valence-corrected chi connectivity index (χ2v) is 39.0. The fraction of sp³-hybridized carbons (Fsp3) is 0.977. The lowest BCUT2D eigenvalue weighted by molar-refractivity contribution is -0.152. The van der Waals surface area contributed by atoms with Gasteiger partial charge in [-0.1, -0.05) is 74.1 Å². The van der Waals surface area contributed by atoms with E-state index in [1.807, 2.05) is 6.92 Å². The number of ether oxygens (including phenoxy) is 2. The fourth-order valence-electron chi connectivity index (χ4n) is 5.41.